The third-order valence-electron chi connectivity index (χ3n) is 2.03. The summed E-state index contributed by atoms with van der Waals surface area (Å²) in [5, 5.41) is 0. The summed E-state index contributed by atoms with van der Waals surface area (Å²) in [5.74, 6) is 0.170. The van der Waals surface area contributed by atoms with Crippen LogP contribution in [0.2, 0.25) is 0 Å². The molecule has 0 atom stereocenters. The van der Waals surface area contributed by atoms with Gasteiger partial charge in [0.25, 0.3) is 5.91 Å². The first-order chi connectivity index (χ1) is 7.54. The lowest BCUT2D eigenvalue weighted by atomic mass is 10.2. The highest BCUT2D eigenvalue weighted by Gasteiger charge is 2.09. The molecule has 0 aliphatic rings. The van der Waals surface area contributed by atoms with Crippen LogP contribution in [0.25, 0.3) is 0 Å². The lowest BCUT2D eigenvalue weighted by Crippen LogP contribution is -2.26. The fraction of sp³-hybridized carbons (Fsp3) is 0.333. The predicted octanol–water partition coefficient (Wildman–Crippen LogP) is 1.64. The Morgan fingerprint density at radius 1 is 1.31 bits per heavy atom. The monoisotopic (exact) mass is 221 g/mol. The third-order valence-corrected chi connectivity index (χ3v) is 2.03. The molecule has 0 aliphatic carbocycles. The minimum absolute atomic E-state index is 0.111. The number of hydrogen-bond acceptors (Lipinski definition) is 3. The number of amides is 1. The summed E-state index contributed by atoms with van der Waals surface area (Å²) < 4.78 is 5.46. The van der Waals surface area contributed by atoms with E-state index in [0.717, 1.165) is 5.75 Å². The average molecular weight is 221 g/mol. The van der Waals surface area contributed by atoms with E-state index in [2.05, 4.69) is 0 Å². The zero-order valence-corrected chi connectivity index (χ0v) is 9.64. The van der Waals surface area contributed by atoms with Crippen molar-refractivity contribution in [1.29, 1.82) is 0 Å². The van der Waals surface area contributed by atoms with E-state index in [4.69, 9.17) is 4.74 Å². The second-order valence-corrected chi connectivity index (χ2v) is 3.68. The van der Waals surface area contributed by atoms with Crippen LogP contribution in [0.4, 0.5) is 5.69 Å². The van der Waals surface area contributed by atoms with E-state index in [-0.39, 0.29) is 6.10 Å². The first-order valence-electron chi connectivity index (χ1n) is 5.04. The molecule has 0 saturated carbocycles. The quantitative estimate of drug-likeness (QED) is 0.573. The van der Waals surface area contributed by atoms with E-state index in [9.17, 15) is 9.59 Å². The van der Waals surface area contributed by atoms with E-state index in [1.54, 1.807) is 31.3 Å². The molecular weight excluding hydrogens is 206 g/mol. The Hall–Kier alpha value is -1.84. The van der Waals surface area contributed by atoms with Crippen LogP contribution in [-0.2, 0) is 9.59 Å². The van der Waals surface area contributed by atoms with Crippen molar-refractivity contribution in [2.75, 3.05) is 11.9 Å². The molecule has 0 bridgehead atoms. The van der Waals surface area contributed by atoms with Gasteiger partial charge >= 0.3 is 0 Å². The molecule has 1 rings (SSSR count). The van der Waals surface area contributed by atoms with Crippen LogP contribution in [0.1, 0.15) is 13.8 Å². The lowest BCUT2D eigenvalue weighted by Gasteiger charge is -2.15. The van der Waals surface area contributed by atoms with Gasteiger partial charge in [0.1, 0.15) is 5.75 Å². The number of ether oxygens (including phenoxy) is 1. The molecule has 1 amide bonds. The zero-order valence-electron chi connectivity index (χ0n) is 9.64. The van der Waals surface area contributed by atoms with Crippen molar-refractivity contribution in [3.05, 3.63) is 24.3 Å². The van der Waals surface area contributed by atoms with Gasteiger partial charge in [-0.25, -0.2) is 0 Å². The molecule has 0 aliphatic heterocycles. The molecule has 0 heterocycles. The van der Waals surface area contributed by atoms with Gasteiger partial charge in [-0.2, -0.15) is 0 Å². The Kier molecular flexibility index (Phi) is 4.05. The average Bonchev–Trinajstić information content (AvgIpc) is 2.27. The zero-order chi connectivity index (χ0) is 12.1. The highest BCUT2D eigenvalue weighted by molar-refractivity contribution is 6.30. The molecule has 0 spiro atoms. The van der Waals surface area contributed by atoms with Crippen LogP contribution >= 0.6 is 0 Å². The summed E-state index contributed by atoms with van der Waals surface area (Å²) in [5.41, 5.74) is 0.660. The largest absolute Gasteiger partial charge is 0.491 e. The summed E-state index contributed by atoms with van der Waals surface area (Å²) in [6.07, 6.45) is 0.401. The number of aldehydes is 1. The van der Waals surface area contributed by atoms with Gasteiger partial charge in [0, 0.05) is 12.7 Å². The number of benzene rings is 1. The Labute approximate surface area is 94.8 Å². The number of anilines is 1. The number of hydrogen-bond donors (Lipinski definition) is 0. The molecule has 4 nitrogen and oxygen atoms in total. The number of likely N-dealkylation sites (N-methyl/N-ethyl adjacent to an activating group) is 1. The number of nitrogens with zero attached hydrogens (tertiary/aromatic N) is 1. The van der Waals surface area contributed by atoms with Crippen LogP contribution < -0.4 is 9.64 Å². The molecule has 0 radical (unpaired) electrons. The Balaban J connectivity index is 2.78. The minimum Gasteiger partial charge on any atom is -0.491 e. The Morgan fingerprint density at radius 2 is 1.88 bits per heavy atom. The standard InChI is InChI=1S/C12H15NO3/c1-9(2)16-11-6-4-10(5-7-11)13(3)12(15)8-14/h4-9H,1-3H3. The van der Waals surface area contributed by atoms with Gasteiger partial charge in [0.2, 0.25) is 6.29 Å². The molecule has 0 aromatic heterocycles. The molecule has 86 valence electrons. The summed E-state index contributed by atoms with van der Waals surface area (Å²) in [6, 6.07) is 7.01. The van der Waals surface area contributed by atoms with Gasteiger partial charge in [0.15, 0.2) is 0 Å². The van der Waals surface area contributed by atoms with Crippen molar-refractivity contribution in [2.24, 2.45) is 0 Å². The number of rotatable bonds is 4. The van der Waals surface area contributed by atoms with Crippen molar-refractivity contribution < 1.29 is 14.3 Å². The van der Waals surface area contributed by atoms with E-state index < -0.39 is 5.91 Å². The maximum absolute atomic E-state index is 11.1. The molecule has 1 aromatic carbocycles. The van der Waals surface area contributed by atoms with Crippen LogP contribution in [-0.4, -0.2) is 25.3 Å². The highest BCUT2D eigenvalue weighted by Crippen LogP contribution is 2.19. The third kappa shape index (κ3) is 3.08. The molecule has 1 aromatic rings. The topological polar surface area (TPSA) is 46.6 Å². The molecular formula is C12H15NO3. The van der Waals surface area contributed by atoms with E-state index in [0.29, 0.717) is 12.0 Å². The van der Waals surface area contributed by atoms with E-state index >= 15 is 0 Å². The maximum Gasteiger partial charge on any atom is 0.290 e. The Morgan fingerprint density at radius 3 is 2.31 bits per heavy atom. The van der Waals surface area contributed by atoms with Gasteiger partial charge < -0.3 is 9.64 Å². The van der Waals surface area contributed by atoms with Crippen molar-refractivity contribution >= 4 is 17.9 Å². The SMILES string of the molecule is CC(C)Oc1ccc(N(C)C(=O)C=O)cc1. The molecule has 0 fully saturated rings. The summed E-state index contributed by atoms with van der Waals surface area (Å²) in [6.45, 7) is 3.88. The number of carbonyl (C=O) groups excluding carboxylic acids is 2. The van der Waals surface area contributed by atoms with Crippen LogP contribution in [0, 0.1) is 0 Å². The second kappa shape index (κ2) is 5.30. The summed E-state index contributed by atoms with van der Waals surface area (Å²) >= 11 is 0. The van der Waals surface area contributed by atoms with Gasteiger partial charge in [-0.1, -0.05) is 0 Å². The fourth-order valence-electron chi connectivity index (χ4n) is 1.23. The number of carbonyl (C=O) groups is 2. The van der Waals surface area contributed by atoms with Crippen molar-refractivity contribution in [1.82, 2.24) is 0 Å². The molecule has 4 heteroatoms. The van der Waals surface area contributed by atoms with Gasteiger partial charge in [-0.05, 0) is 38.1 Å². The second-order valence-electron chi connectivity index (χ2n) is 3.68. The highest BCUT2D eigenvalue weighted by atomic mass is 16.5. The molecule has 0 unspecified atom stereocenters. The van der Waals surface area contributed by atoms with Crippen molar-refractivity contribution in [3.8, 4) is 5.75 Å². The van der Waals surface area contributed by atoms with E-state index in [1.807, 2.05) is 13.8 Å². The summed E-state index contributed by atoms with van der Waals surface area (Å²) in [7, 11) is 1.55. The van der Waals surface area contributed by atoms with Gasteiger partial charge in [0.05, 0.1) is 6.10 Å². The van der Waals surface area contributed by atoms with Crippen molar-refractivity contribution in [2.45, 2.75) is 20.0 Å². The van der Waals surface area contributed by atoms with Gasteiger partial charge in [-0.3, -0.25) is 9.59 Å². The normalized spacial score (nSPS) is 10.0. The smallest absolute Gasteiger partial charge is 0.290 e. The lowest BCUT2D eigenvalue weighted by molar-refractivity contribution is -0.129. The summed E-state index contributed by atoms with van der Waals surface area (Å²) in [4.78, 5) is 22.7. The predicted molar refractivity (Wildman–Crippen MR) is 61.7 cm³/mol. The minimum atomic E-state index is -0.572. The fourth-order valence-corrected chi connectivity index (χ4v) is 1.23. The first-order valence-corrected chi connectivity index (χ1v) is 5.04. The van der Waals surface area contributed by atoms with Crippen LogP contribution in [0.3, 0.4) is 0 Å². The first kappa shape index (κ1) is 12.2. The molecule has 16 heavy (non-hydrogen) atoms. The Bertz CT molecular complexity index is 370. The van der Waals surface area contributed by atoms with Crippen LogP contribution in [0.15, 0.2) is 24.3 Å². The maximum atomic E-state index is 11.1. The molecule has 0 saturated heterocycles. The van der Waals surface area contributed by atoms with Crippen molar-refractivity contribution in [3.63, 3.8) is 0 Å². The molecule has 0 N–H and O–H groups in total. The van der Waals surface area contributed by atoms with Crippen LogP contribution in [0.5, 0.6) is 5.75 Å². The van der Waals surface area contributed by atoms with Gasteiger partial charge in [-0.15, -0.1) is 0 Å². The van der Waals surface area contributed by atoms with E-state index in [1.165, 1.54) is 4.90 Å².